The van der Waals surface area contributed by atoms with Crippen LogP contribution in [0.15, 0.2) is 11.1 Å². The number of Topliss-reactive ketones (excluding diaryl/α,β-unsaturated/α-hetero) is 3. The zero-order valence-electron chi connectivity index (χ0n) is 21.8. The lowest BCUT2D eigenvalue weighted by Crippen LogP contribution is -2.59. The zero-order valence-corrected chi connectivity index (χ0v) is 21.8. The van der Waals surface area contributed by atoms with Crippen molar-refractivity contribution in [1.29, 1.82) is 0 Å². The number of aliphatic hydroxyl groups excluding tert-OH is 1. The average Bonchev–Trinajstić information content (AvgIpc) is 2.97. The number of aliphatic hydroxyl groups is 1. The van der Waals surface area contributed by atoms with Gasteiger partial charge in [0.15, 0.2) is 11.6 Å². The SMILES string of the molecule is CC(=O)CCC[C@H](C)[C@@H]1CC[C@]2(C)C3=C(C(=O)C[C@@]12C)[C@@]1(C)CC[C@H](O)C(C)(C)[C@@H]1CC3=O. The standard InChI is InChI=1S/C29H44O4/c1-17(9-8-10-18(2)30)19-11-14-28(6)25-20(31)15-22-26(3,4)23(33)12-13-27(22,5)24(25)21(32)16-29(19,28)7/h17,19,22-23,33H,8-16H2,1-7H3/t17-,19-,22-,23-,27-,28+,29-/m0/s1. The summed E-state index contributed by atoms with van der Waals surface area (Å²) in [6.45, 7) is 14.8. The predicted molar refractivity (Wildman–Crippen MR) is 130 cm³/mol. The summed E-state index contributed by atoms with van der Waals surface area (Å²) in [6, 6.07) is 0. The predicted octanol–water partition coefficient (Wildman–Crippen LogP) is 5.85. The van der Waals surface area contributed by atoms with Crippen LogP contribution in [0.4, 0.5) is 0 Å². The summed E-state index contributed by atoms with van der Waals surface area (Å²) in [4.78, 5) is 39.3. The van der Waals surface area contributed by atoms with Crippen molar-refractivity contribution in [2.75, 3.05) is 0 Å². The van der Waals surface area contributed by atoms with Gasteiger partial charge in [-0.15, -0.1) is 0 Å². The Balaban J connectivity index is 1.75. The van der Waals surface area contributed by atoms with E-state index in [-0.39, 0.29) is 44.9 Å². The number of carbonyl (C=O) groups is 3. The van der Waals surface area contributed by atoms with Crippen LogP contribution in [-0.2, 0) is 14.4 Å². The van der Waals surface area contributed by atoms with E-state index >= 15 is 0 Å². The maximum atomic E-state index is 14.0. The van der Waals surface area contributed by atoms with E-state index in [0.29, 0.717) is 37.5 Å². The number of ketones is 3. The quantitative estimate of drug-likeness (QED) is 0.563. The van der Waals surface area contributed by atoms with Crippen molar-refractivity contribution in [3.05, 3.63) is 11.1 Å². The minimum Gasteiger partial charge on any atom is -0.393 e. The number of hydrogen-bond donors (Lipinski definition) is 1. The van der Waals surface area contributed by atoms with Gasteiger partial charge in [0.2, 0.25) is 0 Å². The monoisotopic (exact) mass is 456 g/mol. The van der Waals surface area contributed by atoms with Crippen LogP contribution < -0.4 is 0 Å². The molecule has 4 aliphatic carbocycles. The number of rotatable bonds is 5. The third kappa shape index (κ3) is 3.37. The Morgan fingerprint density at radius 1 is 1.03 bits per heavy atom. The molecule has 0 saturated heterocycles. The molecule has 0 aromatic rings. The number of fused-ring (bicyclic) bond motifs is 4. The van der Waals surface area contributed by atoms with Gasteiger partial charge in [0.05, 0.1) is 6.10 Å². The first-order valence-electron chi connectivity index (χ1n) is 13.2. The molecule has 4 aliphatic rings. The second kappa shape index (κ2) is 7.86. The van der Waals surface area contributed by atoms with Crippen LogP contribution in [0.3, 0.4) is 0 Å². The Morgan fingerprint density at radius 2 is 1.70 bits per heavy atom. The molecule has 0 bridgehead atoms. The molecule has 33 heavy (non-hydrogen) atoms. The number of hydrogen-bond acceptors (Lipinski definition) is 4. The molecule has 0 amide bonds. The molecular formula is C29H44O4. The molecule has 4 heteroatoms. The van der Waals surface area contributed by atoms with Gasteiger partial charge >= 0.3 is 0 Å². The van der Waals surface area contributed by atoms with E-state index in [9.17, 15) is 19.5 Å². The molecule has 2 fully saturated rings. The van der Waals surface area contributed by atoms with Crippen molar-refractivity contribution < 1.29 is 19.5 Å². The lowest BCUT2D eigenvalue weighted by atomic mass is 9.43. The Morgan fingerprint density at radius 3 is 2.33 bits per heavy atom. The van der Waals surface area contributed by atoms with Crippen molar-refractivity contribution in [1.82, 2.24) is 0 Å². The first kappa shape index (κ1) is 24.8. The molecule has 184 valence electrons. The molecule has 0 aliphatic heterocycles. The normalized spacial score (nSPS) is 43.1. The van der Waals surface area contributed by atoms with Crippen molar-refractivity contribution in [3.8, 4) is 0 Å². The van der Waals surface area contributed by atoms with Crippen LogP contribution >= 0.6 is 0 Å². The summed E-state index contributed by atoms with van der Waals surface area (Å²) in [5.41, 5.74) is 0.465. The van der Waals surface area contributed by atoms with Gasteiger partial charge in [-0.2, -0.15) is 0 Å². The van der Waals surface area contributed by atoms with E-state index in [1.165, 1.54) is 0 Å². The highest BCUT2D eigenvalue weighted by Crippen LogP contribution is 2.71. The molecule has 7 atom stereocenters. The van der Waals surface area contributed by atoms with E-state index in [2.05, 4.69) is 41.5 Å². The maximum Gasteiger partial charge on any atom is 0.160 e. The van der Waals surface area contributed by atoms with E-state index in [1.54, 1.807) is 6.92 Å². The smallest absolute Gasteiger partial charge is 0.160 e. The zero-order chi connectivity index (χ0) is 24.6. The summed E-state index contributed by atoms with van der Waals surface area (Å²) in [7, 11) is 0. The van der Waals surface area contributed by atoms with E-state index in [1.807, 2.05) is 0 Å². The van der Waals surface area contributed by atoms with Crippen molar-refractivity contribution in [2.45, 2.75) is 112 Å². The molecule has 0 radical (unpaired) electrons. The average molecular weight is 457 g/mol. The molecule has 0 spiro atoms. The van der Waals surface area contributed by atoms with Crippen LogP contribution in [0.1, 0.15) is 106 Å². The minimum atomic E-state index is -0.434. The highest BCUT2D eigenvalue weighted by molar-refractivity contribution is 6.11. The van der Waals surface area contributed by atoms with Crippen LogP contribution in [0, 0.1) is 39.4 Å². The molecule has 4 nitrogen and oxygen atoms in total. The lowest BCUT2D eigenvalue weighted by Gasteiger charge is -2.60. The summed E-state index contributed by atoms with van der Waals surface area (Å²) in [6.07, 6.45) is 6.50. The molecule has 2 saturated carbocycles. The largest absolute Gasteiger partial charge is 0.393 e. The molecular weight excluding hydrogens is 412 g/mol. The molecule has 0 aromatic carbocycles. The van der Waals surface area contributed by atoms with E-state index in [4.69, 9.17) is 0 Å². The van der Waals surface area contributed by atoms with Crippen LogP contribution in [0.2, 0.25) is 0 Å². The molecule has 0 unspecified atom stereocenters. The fraction of sp³-hybridized carbons (Fsp3) is 0.828. The summed E-state index contributed by atoms with van der Waals surface area (Å²) in [5.74, 6) is 1.39. The molecule has 0 aromatic heterocycles. The van der Waals surface area contributed by atoms with E-state index in [0.717, 1.165) is 43.3 Å². The Bertz CT molecular complexity index is 913. The molecule has 1 N–H and O–H groups in total. The lowest BCUT2D eigenvalue weighted by molar-refractivity contribution is -0.141. The van der Waals surface area contributed by atoms with Gasteiger partial charge in [0.1, 0.15) is 5.78 Å². The summed E-state index contributed by atoms with van der Waals surface area (Å²) in [5, 5.41) is 10.7. The maximum absolute atomic E-state index is 14.0. The Hall–Kier alpha value is -1.29. The highest BCUT2D eigenvalue weighted by atomic mass is 16.3. The number of carbonyl (C=O) groups excluding carboxylic acids is 3. The second-order valence-electron chi connectivity index (χ2n) is 13.3. The van der Waals surface area contributed by atoms with Gasteiger partial charge in [-0.25, -0.2) is 0 Å². The van der Waals surface area contributed by atoms with Crippen LogP contribution in [0.5, 0.6) is 0 Å². The summed E-state index contributed by atoms with van der Waals surface area (Å²) >= 11 is 0. The van der Waals surface area contributed by atoms with Gasteiger partial charge in [-0.3, -0.25) is 9.59 Å². The van der Waals surface area contributed by atoms with Gasteiger partial charge in [0, 0.05) is 41.2 Å². The fourth-order valence-electron chi connectivity index (χ4n) is 8.98. The Kier molecular flexibility index (Phi) is 5.92. The topological polar surface area (TPSA) is 71.4 Å². The van der Waals surface area contributed by atoms with Gasteiger partial charge in [0.25, 0.3) is 0 Å². The Labute approximate surface area is 200 Å². The van der Waals surface area contributed by atoms with Crippen LogP contribution in [0.25, 0.3) is 0 Å². The fourth-order valence-corrected chi connectivity index (χ4v) is 8.98. The number of allylic oxidation sites excluding steroid dienone is 2. The van der Waals surface area contributed by atoms with E-state index < -0.39 is 6.10 Å². The molecule has 0 heterocycles. The van der Waals surface area contributed by atoms with Crippen LogP contribution in [-0.4, -0.2) is 28.6 Å². The van der Waals surface area contributed by atoms with Gasteiger partial charge in [-0.05, 0) is 67.6 Å². The highest BCUT2D eigenvalue weighted by Gasteiger charge is 2.67. The first-order chi connectivity index (χ1) is 15.2. The molecule has 4 rings (SSSR count). The summed E-state index contributed by atoms with van der Waals surface area (Å²) < 4.78 is 0. The minimum absolute atomic E-state index is 0.000361. The van der Waals surface area contributed by atoms with Crippen molar-refractivity contribution in [2.24, 2.45) is 39.4 Å². The third-order valence-electron chi connectivity index (χ3n) is 11.2. The van der Waals surface area contributed by atoms with Gasteiger partial charge < -0.3 is 9.90 Å². The van der Waals surface area contributed by atoms with Crippen molar-refractivity contribution in [3.63, 3.8) is 0 Å². The first-order valence-corrected chi connectivity index (χ1v) is 13.2. The third-order valence-corrected chi connectivity index (χ3v) is 11.2. The second-order valence-corrected chi connectivity index (χ2v) is 13.3. The van der Waals surface area contributed by atoms with Crippen molar-refractivity contribution >= 4 is 17.3 Å². The van der Waals surface area contributed by atoms with Gasteiger partial charge in [-0.1, -0.05) is 48.0 Å².